The van der Waals surface area contributed by atoms with Gasteiger partial charge in [-0.25, -0.2) is 0 Å². The normalized spacial score (nSPS) is 13.5. The summed E-state index contributed by atoms with van der Waals surface area (Å²) in [5, 5.41) is 9.89. The Hall–Kier alpha value is -1.61. The van der Waals surface area contributed by atoms with Gasteiger partial charge in [-0.15, -0.1) is 0 Å². The third-order valence-electron chi connectivity index (χ3n) is 6.74. The van der Waals surface area contributed by atoms with Crippen LogP contribution in [0, 0.1) is 5.92 Å². The number of phenolic OH excluding ortho intramolecular Hbond substituents is 1. The van der Waals surface area contributed by atoms with Gasteiger partial charge < -0.3 is 19.4 Å². The van der Waals surface area contributed by atoms with E-state index in [1.54, 1.807) is 12.1 Å². The lowest BCUT2D eigenvalue weighted by molar-refractivity contribution is 0.284. The zero-order valence-corrected chi connectivity index (χ0v) is 20.9. The summed E-state index contributed by atoms with van der Waals surface area (Å²) in [6.07, 6.45) is 12.3. The second kappa shape index (κ2) is 13.8. The molecule has 0 heterocycles. The summed E-state index contributed by atoms with van der Waals surface area (Å²) < 4.78 is 5.09. The zero-order chi connectivity index (χ0) is 23.4. The smallest absolute Gasteiger partial charge is 0.391 e. The minimum atomic E-state index is -2.43. The van der Waals surface area contributed by atoms with Crippen LogP contribution in [0.2, 0.25) is 0 Å². The van der Waals surface area contributed by atoms with E-state index in [1.165, 1.54) is 75.3 Å². The maximum atomic E-state index is 9.89. The van der Waals surface area contributed by atoms with Crippen LogP contribution in [0.15, 0.2) is 48.5 Å². The minimum absolute atomic E-state index is 0.214. The molecule has 0 aliphatic rings. The quantitative estimate of drug-likeness (QED) is 0.187. The highest BCUT2D eigenvalue weighted by Gasteiger charge is 2.37. The van der Waals surface area contributed by atoms with Gasteiger partial charge in [-0.2, -0.15) is 0 Å². The van der Waals surface area contributed by atoms with E-state index in [0.717, 1.165) is 0 Å². The van der Waals surface area contributed by atoms with Crippen LogP contribution < -0.4 is 4.52 Å². The number of hydrogen-bond acceptors (Lipinski definition) is 4. The molecule has 4 nitrogen and oxygen atoms in total. The zero-order valence-electron chi connectivity index (χ0n) is 20.0. The Morgan fingerprint density at radius 3 is 1.66 bits per heavy atom. The maximum absolute atomic E-state index is 9.89. The molecule has 1 atom stereocenters. The lowest BCUT2D eigenvalue weighted by Gasteiger charge is -2.40. The summed E-state index contributed by atoms with van der Waals surface area (Å²) in [4.78, 5) is 18.4. The molecule has 0 spiro atoms. The van der Waals surface area contributed by atoms with Crippen molar-refractivity contribution < 1.29 is 19.4 Å². The molecule has 0 bridgehead atoms. The van der Waals surface area contributed by atoms with Crippen molar-refractivity contribution in [3.63, 3.8) is 0 Å². The van der Waals surface area contributed by atoms with Crippen molar-refractivity contribution in [2.45, 2.75) is 90.4 Å². The molecule has 2 aromatic rings. The Kier molecular flexibility index (Phi) is 11.5. The van der Waals surface area contributed by atoms with Gasteiger partial charge in [0.05, 0.1) is 0 Å². The molecule has 32 heavy (non-hydrogen) atoms. The molecule has 0 saturated heterocycles. The highest BCUT2D eigenvalue weighted by atomic mass is 31.2. The van der Waals surface area contributed by atoms with Crippen molar-refractivity contribution in [2.24, 2.45) is 5.92 Å². The van der Waals surface area contributed by atoms with Crippen LogP contribution in [0.3, 0.4) is 0 Å². The van der Waals surface area contributed by atoms with Crippen LogP contribution >= 0.6 is 8.60 Å². The molecule has 178 valence electrons. The minimum Gasteiger partial charge on any atom is -0.508 e. The molecule has 1 unspecified atom stereocenters. The first-order chi connectivity index (χ1) is 15.4. The Balaban J connectivity index is 2.40. The van der Waals surface area contributed by atoms with E-state index in [-0.39, 0.29) is 11.2 Å². The summed E-state index contributed by atoms with van der Waals surface area (Å²) in [5.74, 6) is 1.21. The van der Waals surface area contributed by atoms with Gasteiger partial charge in [0.1, 0.15) is 11.5 Å². The van der Waals surface area contributed by atoms with Crippen LogP contribution in [0.5, 0.6) is 11.5 Å². The average molecular weight is 461 g/mol. The number of aromatic hydroxyl groups is 1. The van der Waals surface area contributed by atoms with E-state index < -0.39 is 8.60 Å². The van der Waals surface area contributed by atoms with Gasteiger partial charge in [-0.1, -0.05) is 96.4 Å². The predicted molar refractivity (Wildman–Crippen MR) is 134 cm³/mol. The fraction of sp³-hybridized carbons (Fsp3) is 0.556. The van der Waals surface area contributed by atoms with E-state index in [0.29, 0.717) is 11.7 Å². The van der Waals surface area contributed by atoms with Gasteiger partial charge in [0.25, 0.3) is 0 Å². The average Bonchev–Trinajstić information content (AvgIpc) is 2.78. The Bertz CT molecular complexity index is 748. The van der Waals surface area contributed by atoms with Gasteiger partial charge in [0, 0.05) is 5.41 Å². The van der Waals surface area contributed by atoms with E-state index in [1.807, 2.05) is 36.4 Å². The first kappa shape index (κ1) is 26.6. The first-order valence-corrected chi connectivity index (χ1v) is 13.3. The molecule has 3 N–H and O–H groups in total. The number of benzene rings is 2. The van der Waals surface area contributed by atoms with E-state index in [4.69, 9.17) is 4.52 Å². The molecule has 0 aromatic heterocycles. The third kappa shape index (κ3) is 7.76. The lowest BCUT2D eigenvalue weighted by Crippen LogP contribution is -2.33. The topological polar surface area (TPSA) is 69.9 Å². The summed E-state index contributed by atoms with van der Waals surface area (Å²) in [6, 6.07) is 15.4. The van der Waals surface area contributed by atoms with Crippen LogP contribution in [0.1, 0.15) is 96.1 Å². The second-order valence-electron chi connectivity index (χ2n) is 9.01. The van der Waals surface area contributed by atoms with Crippen molar-refractivity contribution >= 4 is 8.60 Å². The monoisotopic (exact) mass is 460 g/mol. The summed E-state index contributed by atoms with van der Waals surface area (Å²) >= 11 is 0. The highest BCUT2D eigenvalue weighted by Crippen LogP contribution is 2.45. The Labute approximate surface area is 195 Å². The molecule has 0 aliphatic heterocycles. The highest BCUT2D eigenvalue weighted by molar-refractivity contribution is 7.39. The molecule has 2 rings (SSSR count). The van der Waals surface area contributed by atoms with Gasteiger partial charge in [0.2, 0.25) is 0 Å². The van der Waals surface area contributed by atoms with Gasteiger partial charge in [-0.3, -0.25) is 0 Å². The molecule has 0 fully saturated rings. The van der Waals surface area contributed by atoms with E-state index in [9.17, 15) is 14.9 Å². The standard InChI is InChI=1S/C27H41O4P/c1-4-6-8-10-12-22(13-11-9-7-5-2)27(3,23-14-18-25(28)19-15-23)24-16-20-26(21-17-24)31-32(29)30/h14-22,28-30H,4-13H2,1-3H3. The molecule has 0 aliphatic carbocycles. The number of unbranched alkanes of at least 4 members (excludes halogenated alkanes) is 6. The van der Waals surface area contributed by atoms with Crippen molar-refractivity contribution in [3.05, 3.63) is 59.7 Å². The van der Waals surface area contributed by atoms with Crippen molar-refractivity contribution in [2.75, 3.05) is 0 Å². The summed E-state index contributed by atoms with van der Waals surface area (Å²) in [6.45, 7) is 6.82. The van der Waals surface area contributed by atoms with E-state index in [2.05, 4.69) is 20.8 Å². The van der Waals surface area contributed by atoms with Crippen LogP contribution in [-0.2, 0) is 5.41 Å². The molecular formula is C27H41O4P. The molecule has 5 heteroatoms. The number of rotatable bonds is 15. The molecule has 0 amide bonds. The van der Waals surface area contributed by atoms with Crippen molar-refractivity contribution in [1.82, 2.24) is 0 Å². The van der Waals surface area contributed by atoms with Crippen LogP contribution in [0.25, 0.3) is 0 Å². The Morgan fingerprint density at radius 1 is 0.750 bits per heavy atom. The van der Waals surface area contributed by atoms with Gasteiger partial charge in [-0.05, 0) is 54.2 Å². The number of phenols is 1. The number of hydrogen-bond donors (Lipinski definition) is 3. The maximum Gasteiger partial charge on any atom is 0.391 e. The fourth-order valence-electron chi connectivity index (χ4n) is 4.76. The molecule has 2 aromatic carbocycles. The van der Waals surface area contributed by atoms with Crippen LogP contribution in [-0.4, -0.2) is 14.9 Å². The molecule has 0 radical (unpaired) electrons. The first-order valence-electron chi connectivity index (χ1n) is 12.2. The third-order valence-corrected chi connectivity index (χ3v) is 7.11. The van der Waals surface area contributed by atoms with Crippen molar-refractivity contribution in [1.29, 1.82) is 0 Å². The predicted octanol–water partition coefficient (Wildman–Crippen LogP) is 7.85. The summed E-state index contributed by atoms with van der Waals surface area (Å²) in [5.41, 5.74) is 2.17. The fourth-order valence-corrected chi connectivity index (χ4v) is 5.07. The van der Waals surface area contributed by atoms with Crippen molar-refractivity contribution in [3.8, 4) is 11.5 Å². The molecular weight excluding hydrogens is 419 g/mol. The van der Waals surface area contributed by atoms with Gasteiger partial charge in [0.15, 0.2) is 0 Å². The summed E-state index contributed by atoms with van der Waals surface area (Å²) in [7, 11) is -2.43. The Morgan fingerprint density at radius 2 is 1.22 bits per heavy atom. The van der Waals surface area contributed by atoms with Crippen LogP contribution in [0.4, 0.5) is 0 Å². The van der Waals surface area contributed by atoms with E-state index >= 15 is 0 Å². The molecule has 0 saturated carbocycles. The SMILES string of the molecule is CCCCCCC(CCCCCC)C(C)(c1ccc(O)cc1)c1ccc(OP(O)O)cc1. The largest absolute Gasteiger partial charge is 0.508 e. The second-order valence-corrected chi connectivity index (χ2v) is 9.70. The lowest BCUT2D eigenvalue weighted by atomic mass is 9.64. The van der Waals surface area contributed by atoms with Gasteiger partial charge >= 0.3 is 8.60 Å².